The van der Waals surface area contributed by atoms with Crippen LogP contribution in [0.25, 0.3) is 17.1 Å². The molecule has 0 radical (unpaired) electrons. The van der Waals surface area contributed by atoms with E-state index >= 15 is 0 Å². The highest BCUT2D eigenvalue weighted by molar-refractivity contribution is 6.31. The van der Waals surface area contributed by atoms with E-state index in [0.29, 0.717) is 30.4 Å². The fraction of sp³-hybridized carbons (Fsp3) is 0.333. The number of imidazole rings is 1. The first kappa shape index (κ1) is 15.6. The molecule has 2 aromatic heterocycles. The lowest BCUT2D eigenvalue weighted by molar-refractivity contribution is -0.128. The van der Waals surface area contributed by atoms with Crippen LogP contribution in [0.5, 0.6) is 0 Å². The summed E-state index contributed by atoms with van der Waals surface area (Å²) in [4.78, 5) is 22.9. The highest BCUT2D eigenvalue weighted by Crippen LogP contribution is 2.33. The van der Waals surface area contributed by atoms with Gasteiger partial charge in [0.25, 0.3) is 0 Å². The van der Waals surface area contributed by atoms with Crippen molar-refractivity contribution in [3.63, 3.8) is 0 Å². The van der Waals surface area contributed by atoms with Crippen molar-refractivity contribution in [1.29, 1.82) is 0 Å². The van der Waals surface area contributed by atoms with Gasteiger partial charge in [0.15, 0.2) is 11.6 Å². The highest BCUT2D eigenvalue weighted by Gasteiger charge is 2.26. The number of aromatic nitrogens is 5. The van der Waals surface area contributed by atoms with E-state index in [9.17, 15) is 4.79 Å². The van der Waals surface area contributed by atoms with Crippen molar-refractivity contribution in [3.05, 3.63) is 46.8 Å². The number of aryl methyl sites for hydroxylation is 1. The standard InChI is InChI=1S/C18H17ClN6O/c1-11-15-8-25-18(21-16(22-25)9-23-6-2-3-17(23)26)13-7-12(19)4-5-14(13)24(15)10-20-11/h4-5,7,10H,2-3,6,8-9H2,1H3. The molecule has 0 spiro atoms. The Bertz CT molecular complexity index is 1040. The van der Waals surface area contributed by atoms with Crippen molar-refractivity contribution in [2.24, 2.45) is 0 Å². The first-order chi connectivity index (χ1) is 12.6. The van der Waals surface area contributed by atoms with Crippen LogP contribution in [0.4, 0.5) is 0 Å². The van der Waals surface area contributed by atoms with E-state index in [4.69, 9.17) is 16.6 Å². The molecular formula is C18H17ClN6O. The molecule has 1 amide bonds. The van der Waals surface area contributed by atoms with Crippen LogP contribution in [0.2, 0.25) is 5.02 Å². The molecule has 1 aromatic carbocycles. The summed E-state index contributed by atoms with van der Waals surface area (Å²) in [6.07, 6.45) is 3.35. The van der Waals surface area contributed by atoms with Crippen LogP contribution in [0.15, 0.2) is 24.5 Å². The molecule has 0 aliphatic carbocycles. The largest absolute Gasteiger partial charge is 0.335 e. The van der Waals surface area contributed by atoms with Gasteiger partial charge >= 0.3 is 0 Å². The van der Waals surface area contributed by atoms with Gasteiger partial charge in [0.1, 0.15) is 0 Å². The number of amides is 1. The molecule has 4 heterocycles. The summed E-state index contributed by atoms with van der Waals surface area (Å²) in [5.41, 5.74) is 3.94. The number of rotatable bonds is 2. The smallest absolute Gasteiger partial charge is 0.223 e. The predicted molar refractivity (Wildman–Crippen MR) is 96.1 cm³/mol. The molecule has 0 atom stereocenters. The quantitative estimate of drug-likeness (QED) is 0.545. The van der Waals surface area contributed by atoms with Gasteiger partial charge in [-0.3, -0.25) is 4.79 Å². The van der Waals surface area contributed by atoms with Crippen LogP contribution < -0.4 is 0 Å². The summed E-state index contributed by atoms with van der Waals surface area (Å²) in [7, 11) is 0. The number of nitrogens with zero attached hydrogens (tertiary/aromatic N) is 6. The van der Waals surface area contributed by atoms with Gasteiger partial charge in [-0.15, -0.1) is 0 Å². The Balaban J connectivity index is 1.64. The number of carbonyl (C=O) groups excluding carboxylic acids is 1. The fourth-order valence-corrected chi connectivity index (χ4v) is 3.88. The maximum atomic E-state index is 11.9. The fourth-order valence-electron chi connectivity index (χ4n) is 3.71. The van der Waals surface area contributed by atoms with Crippen molar-refractivity contribution < 1.29 is 4.79 Å². The average molecular weight is 369 g/mol. The SMILES string of the molecule is Cc1ncn2c1Cn1nc(CN3CCCC3=O)nc1-c1cc(Cl)ccc1-2. The molecule has 0 bridgehead atoms. The molecule has 8 heteroatoms. The summed E-state index contributed by atoms with van der Waals surface area (Å²) >= 11 is 6.26. The monoisotopic (exact) mass is 368 g/mol. The minimum atomic E-state index is 0.173. The number of hydrogen-bond donors (Lipinski definition) is 0. The number of likely N-dealkylation sites (tertiary alicyclic amines) is 1. The number of carbonyl (C=O) groups is 1. The summed E-state index contributed by atoms with van der Waals surface area (Å²) in [6.45, 7) is 3.80. The van der Waals surface area contributed by atoms with Gasteiger partial charge in [-0.25, -0.2) is 14.6 Å². The van der Waals surface area contributed by atoms with E-state index in [1.54, 1.807) is 0 Å². The van der Waals surface area contributed by atoms with E-state index < -0.39 is 0 Å². The highest BCUT2D eigenvalue weighted by atomic mass is 35.5. The minimum absolute atomic E-state index is 0.173. The normalized spacial score (nSPS) is 15.6. The topological polar surface area (TPSA) is 68.8 Å². The van der Waals surface area contributed by atoms with Gasteiger partial charge in [-0.05, 0) is 31.5 Å². The third kappa shape index (κ3) is 2.34. The van der Waals surface area contributed by atoms with Crippen LogP contribution in [0.3, 0.4) is 0 Å². The van der Waals surface area contributed by atoms with E-state index in [2.05, 4.69) is 14.6 Å². The van der Waals surface area contributed by atoms with E-state index in [1.807, 2.05) is 41.0 Å². The average Bonchev–Trinajstić information content (AvgIpc) is 3.28. The first-order valence-electron chi connectivity index (χ1n) is 8.65. The molecule has 5 rings (SSSR count). The van der Waals surface area contributed by atoms with Gasteiger partial charge in [0, 0.05) is 23.6 Å². The lowest BCUT2D eigenvalue weighted by Gasteiger charge is -2.12. The Morgan fingerprint density at radius 2 is 2.19 bits per heavy atom. The molecule has 1 saturated heterocycles. The van der Waals surface area contributed by atoms with Gasteiger partial charge in [-0.2, -0.15) is 5.10 Å². The minimum Gasteiger partial charge on any atom is -0.335 e. The van der Waals surface area contributed by atoms with Crippen LogP contribution in [0, 0.1) is 6.92 Å². The Hall–Kier alpha value is -2.67. The van der Waals surface area contributed by atoms with E-state index in [1.165, 1.54) is 0 Å². The second kappa shape index (κ2) is 5.67. The lowest BCUT2D eigenvalue weighted by Crippen LogP contribution is -2.24. The summed E-state index contributed by atoms with van der Waals surface area (Å²) < 4.78 is 3.96. The third-order valence-corrected chi connectivity index (χ3v) is 5.29. The molecular weight excluding hydrogens is 352 g/mol. The second-order valence-corrected chi connectivity index (χ2v) is 7.17. The second-order valence-electron chi connectivity index (χ2n) is 6.74. The molecule has 2 aliphatic heterocycles. The molecule has 7 nitrogen and oxygen atoms in total. The lowest BCUT2D eigenvalue weighted by atomic mass is 10.1. The number of fused-ring (bicyclic) bond motifs is 5. The Morgan fingerprint density at radius 3 is 3.00 bits per heavy atom. The number of halogens is 1. The van der Waals surface area contributed by atoms with E-state index in [-0.39, 0.29) is 5.91 Å². The third-order valence-electron chi connectivity index (χ3n) is 5.05. The van der Waals surface area contributed by atoms with Gasteiger partial charge in [0.05, 0.1) is 36.5 Å². The molecule has 132 valence electrons. The Labute approximate surface area is 155 Å². The van der Waals surface area contributed by atoms with Gasteiger partial charge in [0.2, 0.25) is 5.91 Å². The van der Waals surface area contributed by atoms with Crippen molar-refractivity contribution >= 4 is 17.5 Å². The molecule has 0 saturated carbocycles. The van der Waals surface area contributed by atoms with Crippen LogP contribution in [-0.4, -0.2) is 41.7 Å². The van der Waals surface area contributed by atoms with Crippen LogP contribution in [0.1, 0.15) is 30.1 Å². The molecule has 26 heavy (non-hydrogen) atoms. The van der Waals surface area contributed by atoms with E-state index in [0.717, 1.165) is 41.4 Å². The van der Waals surface area contributed by atoms with Gasteiger partial charge in [-0.1, -0.05) is 11.6 Å². The summed E-state index contributed by atoms with van der Waals surface area (Å²) in [6, 6.07) is 5.76. The van der Waals surface area contributed by atoms with Crippen molar-refractivity contribution in [2.45, 2.75) is 32.9 Å². The number of hydrogen-bond acceptors (Lipinski definition) is 4. The van der Waals surface area contributed by atoms with Gasteiger partial charge < -0.3 is 9.47 Å². The molecule has 0 N–H and O–H groups in total. The van der Waals surface area contributed by atoms with Crippen LogP contribution >= 0.6 is 11.6 Å². The predicted octanol–water partition coefficient (Wildman–Crippen LogP) is 2.58. The maximum absolute atomic E-state index is 11.9. The maximum Gasteiger partial charge on any atom is 0.223 e. The molecule has 1 fully saturated rings. The van der Waals surface area contributed by atoms with Crippen LogP contribution in [-0.2, 0) is 17.9 Å². The molecule has 2 aliphatic rings. The molecule has 3 aromatic rings. The zero-order valence-corrected chi connectivity index (χ0v) is 15.1. The zero-order valence-electron chi connectivity index (χ0n) is 14.3. The first-order valence-corrected chi connectivity index (χ1v) is 9.02. The Kier molecular flexibility index (Phi) is 3.40. The van der Waals surface area contributed by atoms with Crippen molar-refractivity contribution in [3.8, 4) is 17.1 Å². The van der Waals surface area contributed by atoms with Crippen molar-refractivity contribution in [1.82, 2.24) is 29.2 Å². The zero-order chi connectivity index (χ0) is 17.8. The van der Waals surface area contributed by atoms with Crippen molar-refractivity contribution in [2.75, 3.05) is 6.54 Å². The Morgan fingerprint density at radius 1 is 1.31 bits per heavy atom. The summed E-state index contributed by atoms with van der Waals surface area (Å²) in [5.74, 6) is 1.60. The number of benzene rings is 1. The summed E-state index contributed by atoms with van der Waals surface area (Å²) in [5, 5.41) is 5.33. The molecule has 0 unspecified atom stereocenters.